The summed E-state index contributed by atoms with van der Waals surface area (Å²) in [5.41, 5.74) is 7.11. The molecule has 2 N–H and O–H groups in total. The summed E-state index contributed by atoms with van der Waals surface area (Å²) in [5, 5.41) is 3.65. The van der Waals surface area contributed by atoms with Crippen LogP contribution in [0.5, 0.6) is 0 Å². The van der Waals surface area contributed by atoms with E-state index in [1.807, 2.05) is 25.4 Å². The zero-order valence-electron chi connectivity index (χ0n) is 9.80. The van der Waals surface area contributed by atoms with Crippen LogP contribution in [0.15, 0.2) is 42.9 Å². The monoisotopic (exact) mass is 225 g/mol. The minimum absolute atomic E-state index is 0.150. The highest BCUT2D eigenvalue weighted by molar-refractivity contribution is 6.05. The first kappa shape index (κ1) is 10.3. The van der Waals surface area contributed by atoms with Crippen molar-refractivity contribution in [2.75, 3.05) is 0 Å². The lowest BCUT2D eigenvalue weighted by Crippen LogP contribution is -2.21. The number of aromatic nitrogens is 2. The molecule has 1 unspecified atom stereocenters. The molecule has 1 aromatic carbocycles. The first-order valence-electron chi connectivity index (χ1n) is 5.83. The Hall–Kier alpha value is -1.87. The lowest BCUT2D eigenvalue weighted by molar-refractivity contribution is 0.606. The third-order valence-corrected chi connectivity index (χ3v) is 3.03. The second kappa shape index (κ2) is 3.86. The van der Waals surface area contributed by atoms with E-state index in [0.29, 0.717) is 0 Å². The van der Waals surface area contributed by atoms with Crippen molar-refractivity contribution in [3.63, 3.8) is 0 Å². The van der Waals surface area contributed by atoms with E-state index in [1.165, 1.54) is 21.7 Å². The predicted molar refractivity (Wildman–Crippen MR) is 70.9 cm³/mol. The highest BCUT2D eigenvalue weighted by Crippen LogP contribution is 2.25. The first-order chi connectivity index (χ1) is 8.25. The Morgan fingerprint density at radius 1 is 1.24 bits per heavy atom. The van der Waals surface area contributed by atoms with Crippen molar-refractivity contribution in [3.8, 4) is 0 Å². The first-order valence-corrected chi connectivity index (χ1v) is 5.83. The fourth-order valence-corrected chi connectivity index (χ4v) is 2.32. The molecular weight excluding hydrogens is 210 g/mol. The van der Waals surface area contributed by atoms with E-state index < -0.39 is 0 Å². The number of benzene rings is 1. The summed E-state index contributed by atoms with van der Waals surface area (Å²) in [4.78, 5) is 4.22. The summed E-state index contributed by atoms with van der Waals surface area (Å²) in [6.45, 7) is 2.85. The SMILES string of the molecule is CC(N)Cn1ccc2ccc3ccncc3c21. The number of rotatable bonds is 2. The van der Waals surface area contributed by atoms with E-state index in [9.17, 15) is 0 Å². The van der Waals surface area contributed by atoms with Gasteiger partial charge in [0.15, 0.2) is 0 Å². The summed E-state index contributed by atoms with van der Waals surface area (Å²) < 4.78 is 2.21. The maximum absolute atomic E-state index is 5.88. The van der Waals surface area contributed by atoms with Crippen molar-refractivity contribution >= 4 is 21.7 Å². The minimum Gasteiger partial charge on any atom is -0.345 e. The van der Waals surface area contributed by atoms with Gasteiger partial charge in [-0.05, 0) is 24.4 Å². The summed E-state index contributed by atoms with van der Waals surface area (Å²) in [6.07, 6.45) is 5.85. The molecule has 17 heavy (non-hydrogen) atoms. The van der Waals surface area contributed by atoms with Crippen molar-refractivity contribution in [1.29, 1.82) is 0 Å². The number of nitrogens with zero attached hydrogens (tertiary/aromatic N) is 2. The van der Waals surface area contributed by atoms with Crippen LogP contribution in [0.4, 0.5) is 0 Å². The Kier molecular flexibility index (Phi) is 2.34. The summed E-state index contributed by atoms with van der Waals surface area (Å²) in [6, 6.07) is 8.60. The molecule has 0 amide bonds. The largest absolute Gasteiger partial charge is 0.345 e. The van der Waals surface area contributed by atoms with Crippen LogP contribution < -0.4 is 5.73 Å². The Morgan fingerprint density at radius 3 is 2.88 bits per heavy atom. The molecule has 3 aromatic rings. The van der Waals surface area contributed by atoms with Gasteiger partial charge in [0.25, 0.3) is 0 Å². The number of pyridine rings is 1. The van der Waals surface area contributed by atoms with Crippen LogP contribution >= 0.6 is 0 Å². The van der Waals surface area contributed by atoms with Gasteiger partial charge < -0.3 is 10.3 Å². The Labute approximate surface area is 99.9 Å². The Balaban J connectivity index is 2.34. The van der Waals surface area contributed by atoms with Crippen molar-refractivity contribution in [3.05, 3.63) is 42.9 Å². The van der Waals surface area contributed by atoms with Crippen LogP contribution in [0.2, 0.25) is 0 Å². The summed E-state index contributed by atoms with van der Waals surface area (Å²) in [7, 11) is 0. The van der Waals surface area contributed by atoms with Crippen molar-refractivity contribution in [2.45, 2.75) is 19.5 Å². The highest BCUT2D eigenvalue weighted by atomic mass is 15.0. The molecule has 3 heteroatoms. The topological polar surface area (TPSA) is 43.8 Å². The van der Waals surface area contributed by atoms with Gasteiger partial charge in [-0.1, -0.05) is 12.1 Å². The standard InChI is InChI=1S/C14H15N3/c1-10(15)9-17-7-5-12-3-2-11-4-6-16-8-13(11)14(12)17/h2-8,10H,9,15H2,1H3. The molecule has 0 aliphatic carbocycles. The number of nitrogens with two attached hydrogens (primary N) is 1. The van der Waals surface area contributed by atoms with E-state index in [1.54, 1.807) is 0 Å². The fourth-order valence-electron chi connectivity index (χ4n) is 2.32. The molecule has 0 aliphatic heterocycles. The zero-order valence-corrected chi connectivity index (χ0v) is 9.80. The normalized spacial score (nSPS) is 13.3. The van der Waals surface area contributed by atoms with Crippen LogP contribution in [-0.4, -0.2) is 15.6 Å². The van der Waals surface area contributed by atoms with Crippen LogP contribution in [0.1, 0.15) is 6.92 Å². The molecule has 0 saturated heterocycles. The molecule has 3 rings (SSSR count). The molecule has 0 saturated carbocycles. The number of hydrogen-bond acceptors (Lipinski definition) is 2. The van der Waals surface area contributed by atoms with Crippen molar-refractivity contribution in [2.24, 2.45) is 5.73 Å². The van der Waals surface area contributed by atoms with Gasteiger partial charge in [0.05, 0.1) is 5.52 Å². The molecule has 0 radical (unpaired) electrons. The average molecular weight is 225 g/mol. The fraction of sp³-hybridized carbons (Fsp3) is 0.214. The molecule has 0 bridgehead atoms. The smallest absolute Gasteiger partial charge is 0.0576 e. The van der Waals surface area contributed by atoms with Crippen LogP contribution in [0.25, 0.3) is 21.7 Å². The van der Waals surface area contributed by atoms with Crippen LogP contribution in [0, 0.1) is 0 Å². The van der Waals surface area contributed by atoms with E-state index >= 15 is 0 Å². The van der Waals surface area contributed by atoms with E-state index in [0.717, 1.165) is 6.54 Å². The highest BCUT2D eigenvalue weighted by Gasteiger charge is 2.06. The van der Waals surface area contributed by atoms with Gasteiger partial charge >= 0.3 is 0 Å². The third kappa shape index (κ3) is 1.68. The Morgan fingerprint density at radius 2 is 2.06 bits per heavy atom. The van der Waals surface area contributed by atoms with E-state index in [-0.39, 0.29) is 6.04 Å². The molecule has 2 aromatic heterocycles. The molecule has 0 spiro atoms. The average Bonchev–Trinajstić information content (AvgIpc) is 2.72. The number of fused-ring (bicyclic) bond motifs is 3. The van der Waals surface area contributed by atoms with Crippen molar-refractivity contribution < 1.29 is 0 Å². The van der Waals surface area contributed by atoms with Crippen molar-refractivity contribution in [1.82, 2.24) is 9.55 Å². The maximum Gasteiger partial charge on any atom is 0.0576 e. The lowest BCUT2D eigenvalue weighted by Gasteiger charge is -2.10. The number of hydrogen-bond donors (Lipinski definition) is 1. The lowest BCUT2D eigenvalue weighted by atomic mass is 10.1. The Bertz CT molecular complexity index is 667. The molecule has 3 nitrogen and oxygen atoms in total. The molecule has 1 atom stereocenters. The molecule has 86 valence electrons. The zero-order chi connectivity index (χ0) is 11.8. The van der Waals surface area contributed by atoms with Crippen LogP contribution in [0.3, 0.4) is 0 Å². The quantitative estimate of drug-likeness (QED) is 0.728. The summed E-state index contributed by atoms with van der Waals surface area (Å²) in [5.74, 6) is 0. The van der Waals surface area contributed by atoms with Gasteiger partial charge in [0.1, 0.15) is 0 Å². The minimum atomic E-state index is 0.150. The van der Waals surface area contributed by atoms with Gasteiger partial charge in [0, 0.05) is 41.9 Å². The second-order valence-corrected chi connectivity index (χ2v) is 4.55. The third-order valence-electron chi connectivity index (χ3n) is 3.03. The predicted octanol–water partition coefficient (Wildman–Crippen LogP) is 2.54. The maximum atomic E-state index is 5.88. The second-order valence-electron chi connectivity index (χ2n) is 4.55. The summed E-state index contributed by atoms with van der Waals surface area (Å²) >= 11 is 0. The van der Waals surface area contributed by atoms with Gasteiger partial charge in [-0.2, -0.15) is 0 Å². The molecule has 2 heterocycles. The van der Waals surface area contributed by atoms with E-state index in [4.69, 9.17) is 5.73 Å². The van der Waals surface area contributed by atoms with Gasteiger partial charge in [0.2, 0.25) is 0 Å². The molecular formula is C14H15N3. The molecule has 0 aliphatic rings. The van der Waals surface area contributed by atoms with Gasteiger partial charge in [-0.25, -0.2) is 0 Å². The van der Waals surface area contributed by atoms with Gasteiger partial charge in [-0.3, -0.25) is 4.98 Å². The molecule has 0 fully saturated rings. The van der Waals surface area contributed by atoms with Crippen LogP contribution in [-0.2, 0) is 6.54 Å². The van der Waals surface area contributed by atoms with E-state index in [2.05, 4.69) is 33.9 Å². The van der Waals surface area contributed by atoms with Gasteiger partial charge in [-0.15, -0.1) is 0 Å².